The molecule has 1 atom stereocenters. The summed E-state index contributed by atoms with van der Waals surface area (Å²) in [4.78, 5) is 24.9. The van der Waals surface area contributed by atoms with E-state index in [4.69, 9.17) is 0 Å². The molecule has 1 aliphatic heterocycles. The molecule has 1 aliphatic rings. The molecule has 86 valence electrons. The number of hydrogen-bond donors (Lipinski definition) is 1. The Hall–Kier alpha value is -1.06. The molecule has 1 saturated heterocycles. The highest BCUT2D eigenvalue weighted by atomic mass is 16.2. The Labute approximate surface area is 91.0 Å². The van der Waals surface area contributed by atoms with Crippen molar-refractivity contribution in [2.45, 2.75) is 39.7 Å². The maximum Gasteiger partial charge on any atom is 0.225 e. The van der Waals surface area contributed by atoms with Crippen LogP contribution in [0, 0.1) is 5.92 Å². The predicted octanol–water partition coefficient (Wildman–Crippen LogP) is 0.769. The molecule has 1 heterocycles. The minimum Gasteiger partial charge on any atom is -0.351 e. The van der Waals surface area contributed by atoms with Gasteiger partial charge in [-0.25, -0.2) is 0 Å². The van der Waals surface area contributed by atoms with E-state index in [2.05, 4.69) is 5.32 Å². The Bertz CT molecular complexity index is 268. The van der Waals surface area contributed by atoms with Crippen molar-refractivity contribution < 1.29 is 9.59 Å². The molecule has 15 heavy (non-hydrogen) atoms. The number of amides is 2. The van der Waals surface area contributed by atoms with E-state index in [9.17, 15) is 9.59 Å². The third-order valence-electron chi connectivity index (χ3n) is 2.47. The van der Waals surface area contributed by atoms with Crippen molar-refractivity contribution in [3.8, 4) is 0 Å². The smallest absolute Gasteiger partial charge is 0.225 e. The molecular weight excluding hydrogens is 192 g/mol. The Balaban J connectivity index is 2.53. The number of nitrogens with one attached hydrogen (secondary N) is 1. The van der Waals surface area contributed by atoms with Gasteiger partial charge >= 0.3 is 0 Å². The summed E-state index contributed by atoms with van der Waals surface area (Å²) in [6, 6.07) is 0. The van der Waals surface area contributed by atoms with Gasteiger partial charge in [-0.15, -0.1) is 0 Å². The first-order chi connectivity index (χ1) is 6.83. The van der Waals surface area contributed by atoms with E-state index in [-0.39, 0.29) is 23.3 Å². The van der Waals surface area contributed by atoms with Gasteiger partial charge in [0.15, 0.2) is 0 Å². The molecule has 4 nitrogen and oxygen atoms in total. The van der Waals surface area contributed by atoms with E-state index >= 15 is 0 Å². The molecule has 0 aliphatic carbocycles. The van der Waals surface area contributed by atoms with Crippen LogP contribution >= 0.6 is 0 Å². The molecule has 0 aromatic heterocycles. The average molecular weight is 212 g/mol. The quantitative estimate of drug-likeness (QED) is 0.735. The van der Waals surface area contributed by atoms with Gasteiger partial charge in [0, 0.05) is 25.0 Å². The minimum atomic E-state index is -0.222. The minimum absolute atomic E-state index is 0.00759. The summed E-state index contributed by atoms with van der Waals surface area (Å²) in [7, 11) is 0. The number of likely N-dealkylation sites (tertiary alicyclic amines) is 1. The third kappa shape index (κ3) is 3.22. The van der Waals surface area contributed by atoms with Crippen molar-refractivity contribution in [1.82, 2.24) is 10.2 Å². The molecule has 1 fully saturated rings. The Morgan fingerprint density at radius 1 is 1.53 bits per heavy atom. The fourth-order valence-corrected chi connectivity index (χ4v) is 1.73. The van der Waals surface area contributed by atoms with Gasteiger partial charge in [-0.3, -0.25) is 9.59 Å². The zero-order valence-corrected chi connectivity index (χ0v) is 9.96. The van der Waals surface area contributed by atoms with Crippen LogP contribution in [-0.2, 0) is 9.59 Å². The topological polar surface area (TPSA) is 49.4 Å². The van der Waals surface area contributed by atoms with E-state index in [1.807, 2.05) is 27.7 Å². The summed E-state index contributed by atoms with van der Waals surface area (Å²) in [5.41, 5.74) is -0.222. The van der Waals surface area contributed by atoms with Crippen LogP contribution in [0.4, 0.5) is 0 Å². The molecular formula is C11H20N2O2. The monoisotopic (exact) mass is 212 g/mol. The molecule has 0 saturated carbocycles. The van der Waals surface area contributed by atoms with Crippen LogP contribution in [0.1, 0.15) is 34.1 Å². The van der Waals surface area contributed by atoms with Crippen molar-refractivity contribution >= 4 is 11.8 Å². The molecule has 4 heteroatoms. The van der Waals surface area contributed by atoms with Gasteiger partial charge in [-0.1, -0.05) is 0 Å². The summed E-state index contributed by atoms with van der Waals surface area (Å²) in [5, 5.41) is 2.91. The van der Waals surface area contributed by atoms with E-state index in [1.165, 1.54) is 0 Å². The lowest BCUT2D eigenvalue weighted by molar-refractivity contribution is -0.129. The highest BCUT2D eigenvalue weighted by Gasteiger charge is 2.34. The summed E-state index contributed by atoms with van der Waals surface area (Å²) >= 11 is 0. The largest absolute Gasteiger partial charge is 0.351 e. The number of carbonyl (C=O) groups excluding carboxylic acids is 2. The Morgan fingerprint density at radius 2 is 2.13 bits per heavy atom. The van der Waals surface area contributed by atoms with Crippen LogP contribution in [0.15, 0.2) is 0 Å². The van der Waals surface area contributed by atoms with Crippen LogP contribution < -0.4 is 5.32 Å². The molecule has 1 N–H and O–H groups in total. The van der Waals surface area contributed by atoms with Gasteiger partial charge in [0.05, 0.1) is 5.92 Å². The molecule has 0 aromatic carbocycles. The Kier molecular flexibility index (Phi) is 3.37. The molecule has 1 rings (SSSR count). The Morgan fingerprint density at radius 3 is 2.53 bits per heavy atom. The third-order valence-corrected chi connectivity index (χ3v) is 2.47. The van der Waals surface area contributed by atoms with Gasteiger partial charge in [0.1, 0.15) is 0 Å². The summed E-state index contributed by atoms with van der Waals surface area (Å²) < 4.78 is 0. The van der Waals surface area contributed by atoms with Crippen molar-refractivity contribution in [2.75, 3.05) is 13.1 Å². The van der Waals surface area contributed by atoms with Gasteiger partial charge in [0.25, 0.3) is 0 Å². The average Bonchev–Trinajstić information content (AvgIpc) is 2.43. The van der Waals surface area contributed by atoms with Crippen LogP contribution in [0.5, 0.6) is 0 Å². The van der Waals surface area contributed by atoms with Gasteiger partial charge in [0.2, 0.25) is 11.8 Å². The van der Waals surface area contributed by atoms with Crippen LogP contribution in [0.25, 0.3) is 0 Å². The van der Waals surface area contributed by atoms with Gasteiger partial charge < -0.3 is 10.2 Å². The standard InChI is InChI=1S/C11H20N2O2/c1-5-13-7-8(6-9(13)14)10(15)12-11(2,3)4/h8H,5-7H2,1-4H3,(H,12,15)/t8-/m0/s1. The van der Waals surface area contributed by atoms with Crippen LogP contribution in [-0.4, -0.2) is 35.3 Å². The van der Waals surface area contributed by atoms with E-state index in [0.717, 1.165) is 0 Å². The first-order valence-electron chi connectivity index (χ1n) is 5.43. The van der Waals surface area contributed by atoms with Crippen molar-refractivity contribution in [1.29, 1.82) is 0 Å². The fourth-order valence-electron chi connectivity index (χ4n) is 1.73. The number of hydrogen-bond acceptors (Lipinski definition) is 2. The summed E-state index contributed by atoms with van der Waals surface area (Å²) in [5.74, 6) is -0.0879. The maximum atomic E-state index is 11.8. The normalized spacial score (nSPS) is 22.0. The van der Waals surface area contributed by atoms with Crippen molar-refractivity contribution in [3.05, 3.63) is 0 Å². The number of nitrogens with zero attached hydrogens (tertiary/aromatic N) is 1. The highest BCUT2D eigenvalue weighted by Crippen LogP contribution is 2.18. The first kappa shape index (κ1) is 12.0. The molecule has 0 radical (unpaired) electrons. The number of carbonyl (C=O) groups is 2. The highest BCUT2D eigenvalue weighted by molar-refractivity contribution is 5.89. The molecule has 0 bridgehead atoms. The molecule has 0 aromatic rings. The maximum absolute atomic E-state index is 11.8. The van der Waals surface area contributed by atoms with Crippen molar-refractivity contribution in [2.24, 2.45) is 5.92 Å². The van der Waals surface area contributed by atoms with Gasteiger partial charge in [-0.2, -0.15) is 0 Å². The second-order valence-corrected chi connectivity index (χ2v) is 5.07. The van der Waals surface area contributed by atoms with Gasteiger partial charge in [-0.05, 0) is 27.7 Å². The first-order valence-corrected chi connectivity index (χ1v) is 5.43. The SMILES string of the molecule is CCN1C[C@@H](C(=O)NC(C)(C)C)CC1=O. The fraction of sp³-hybridized carbons (Fsp3) is 0.818. The second kappa shape index (κ2) is 4.21. The zero-order chi connectivity index (χ0) is 11.6. The van der Waals surface area contributed by atoms with E-state index in [1.54, 1.807) is 4.90 Å². The summed E-state index contributed by atoms with van der Waals surface area (Å²) in [6.07, 6.45) is 0.357. The van der Waals surface area contributed by atoms with E-state index < -0.39 is 0 Å². The van der Waals surface area contributed by atoms with Crippen molar-refractivity contribution in [3.63, 3.8) is 0 Å². The lowest BCUT2D eigenvalue weighted by Gasteiger charge is -2.22. The molecule has 0 spiro atoms. The lowest BCUT2D eigenvalue weighted by Crippen LogP contribution is -2.44. The van der Waals surface area contributed by atoms with Crippen LogP contribution in [0.3, 0.4) is 0 Å². The predicted molar refractivity (Wildman–Crippen MR) is 58.3 cm³/mol. The summed E-state index contributed by atoms with van der Waals surface area (Å²) in [6.45, 7) is 9.02. The second-order valence-electron chi connectivity index (χ2n) is 5.07. The molecule has 0 unspecified atom stereocenters. The molecule has 2 amide bonds. The lowest BCUT2D eigenvalue weighted by atomic mass is 10.0. The van der Waals surface area contributed by atoms with Crippen LogP contribution in [0.2, 0.25) is 0 Å². The zero-order valence-electron chi connectivity index (χ0n) is 9.96. The van der Waals surface area contributed by atoms with E-state index in [0.29, 0.717) is 19.5 Å². The number of rotatable bonds is 2.